The van der Waals surface area contributed by atoms with Crippen LogP contribution in [0.15, 0.2) is 56.8 Å². The smallest absolute Gasteiger partial charge is 0.272 e. The van der Waals surface area contributed by atoms with Gasteiger partial charge in [-0.3, -0.25) is 19.8 Å². The van der Waals surface area contributed by atoms with Crippen molar-refractivity contribution in [1.29, 1.82) is 0 Å². The Hall–Kier alpha value is -3.55. The number of nitrogens with zero attached hydrogens (tertiary/aromatic N) is 1. The molecule has 2 heterocycles. The number of nitrogen functional groups attached to an aromatic ring is 1. The monoisotopic (exact) mass is 312 g/mol. The molecule has 0 atom stereocenters. The Kier molecular flexibility index (Phi) is 3.55. The van der Waals surface area contributed by atoms with E-state index in [0.717, 1.165) is 5.52 Å². The molecule has 0 saturated heterocycles. The third kappa shape index (κ3) is 2.77. The fourth-order valence-corrected chi connectivity index (χ4v) is 2.10. The van der Waals surface area contributed by atoms with Crippen molar-refractivity contribution >= 4 is 27.6 Å². The minimum absolute atomic E-state index is 0.198. The summed E-state index contributed by atoms with van der Waals surface area (Å²) in [4.78, 5) is 26.3. The van der Waals surface area contributed by atoms with Gasteiger partial charge >= 0.3 is 0 Å². The van der Waals surface area contributed by atoms with Gasteiger partial charge in [0.25, 0.3) is 11.1 Å². The Balaban J connectivity index is 0.000000140. The third-order valence-electron chi connectivity index (χ3n) is 3.17. The van der Waals surface area contributed by atoms with E-state index in [1.807, 2.05) is 0 Å². The summed E-state index contributed by atoms with van der Waals surface area (Å²) in [5.74, 6) is 0.198. The summed E-state index contributed by atoms with van der Waals surface area (Å²) < 4.78 is 4.93. The number of hydrogen-bond donors (Lipinski definition) is 4. The largest absolute Gasteiger partial charge is 0.508 e. The number of phenols is 1. The number of H-pyrrole nitrogens is 2. The molecule has 23 heavy (non-hydrogen) atoms. The molecular formula is C15H12N4O4. The van der Waals surface area contributed by atoms with Gasteiger partial charge in [-0.1, -0.05) is 6.07 Å². The fourth-order valence-electron chi connectivity index (χ4n) is 2.10. The van der Waals surface area contributed by atoms with E-state index < -0.39 is 0 Å². The summed E-state index contributed by atoms with van der Waals surface area (Å²) in [6, 6.07) is 9.57. The summed E-state index contributed by atoms with van der Waals surface area (Å²) in [6.07, 6.45) is 1.35. The Bertz CT molecular complexity index is 1090. The molecule has 0 aliphatic rings. The summed E-state index contributed by atoms with van der Waals surface area (Å²) in [7, 11) is 0. The van der Waals surface area contributed by atoms with Crippen molar-refractivity contribution in [2.75, 3.05) is 5.73 Å². The molecule has 2 aromatic carbocycles. The van der Waals surface area contributed by atoms with Gasteiger partial charge in [-0.2, -0.15) is 0 Å². The first-order valence-corrected chi connectivity index (χ1v) is 6.57. The van der Waals surface area contributed by atoms with Gasteiger partial charge in [-0.15, -0.1) is 0 Å². The number of anilines is 1. The van der Waals surface area contributed by atoms with Gasteiger partial charge in [-0.05, 0) is 24.3 Å². The highest BCUT2D eigenvalue weighted by Gasteiger charge is 2.04. The van der Waals surface area contributed by atoms with Crippen LogP contribution >= 0.6 is 0 Å². The van der Waals surface area contributed by atoms with E-state index in [0.29, 0.717) is 16.7 Å². The lowest BCUT2D eigenvalue weighted by molar-refractivity contribution is 0.474. The lowest BCUT2D eigenvalue weighted by Crippen LogP contribution is -2.19. The molecule has 8 nitrogen and oxygen atoms in total. The van der Waals surface area contributed by atoms with E-state index in [-0.39, 0.29) is 22.3 Å². The van der Waals surface area contributed by atoms with E-state index in [9.17, 15) is 9.59 Å². The van der Waals surface area contributed by atoms with Crippen molar-refractivity contribution in [3.8, 4) is 5.75 Å². The highest BCUT2D eigenvalue weighted by molar-refractivity contribution is 5.91. The third-order valence-corrected chi connectivity index (χ3v) is 3.17. The molecule has 0 bridgehead atoms. The number of aromatic hydroxyl groups is 1. The lowest BCUT2D eigenvalue weighted by Gasteiger charge is -1.97. The van der Waals surface area contributed by atoms with E-state index in [2.05, 4.69) is 15.2 Å². The first-order chi connectivity index (χ1) is 11.1. The zero-order valence-corrected chi connectivity index (χ0v) is 11.7. The van der Waals surface area contributed by atoms with Crippen molar-refractivity contribution in [2.24, 2.45) is 0 Å². The van der Waals surface area contributed by atoms with Gasteiger partial charge in [0, 0.05) is 11.8 Å². The molecule has 0 aliphatic carbocycles. The molecule has 8 heteroatoms. The normalized spacial score (nSPS) is 10.4. The van der Waals surface area contributed by atoms with Crippen molar-refractivity contribution in [2.45, 2.75) is 0 Å². The van der Waals surface area contributed by atoms with Gasteiger partial charge in [0.15, 0.2) is 12.0 Å². The first-order valence-electron chi connectivity index (χ1n) is 6.57. The van der Waals surface area contributed by atoms with Gasteiger partial charge in [0.05, 0.1) is 10.8 Å². The maximum absolute atomic E-state index is 11.2. The van der Waals surface area contributed by atoms with E-state index in [4.69, 9.17) is 15.3 Å². The minimum atomic E-state index is -0.382. The number of benzene rings is 2. The van der Waals surface area contributed by atoms with Gasteiger partial charge in [0.2, 0.25) is 0 Å². The molecule has 0 aliphatic heterocycles. The molecule has 0 saturated carbocycles. The Morgan fingerprint density at radius 1 is 1.09 bits per heavy atom. The maximum atomic E-state index is 11.2. The molecule has 4 rings (SSSR count). The Morgan fingerprint density at radius 2 is 1.87 bits per heavy atom. The highest BCUT2D eigenvalue weighted by atomic mass is 16.3. The zero-order valence-electron chi connectivity index (χ0n) is 11.7. The second kappa shape index (κ2) is 5.68. The van der Waals surface area contributed by atoms with Crippen molar-refractivity contribution in [3.05, 3.63) is 63.5 Å². The number of aromatic nitrogens is 3. The van der Waals surface area contributed by atoms with E-state index in [1.165, 1.54) is 12.5 Å². The van der Waals surface area contributed by atoms with Crippen LogP contribution in [0.1, 0.15) is 0 Å². The molecule has 0 spiro atoms. The predicted octanol–water partition coefficient (Wildman–Crippen LogP) is 1.33. The van der Waals surface area contributed by atoms with Crippen LogP contribution in [0.5, 0.6) is 5.75 Å². The number of fused-ring (bicyclic) bond motifs is 2. The zero-order chi connectivity index (χ0) is 16.4. The van der Waals surface area contributed by atoms with Crippen LogP contribution in [0.4, 0.5) is 5.69 Å². The van der Waals surface area contributed by atoms with Crippen LogP contribution in [0.2, 0.25) is 0 Å². The van der Waals surface area contributed by atoms with Gasteiger partial charge < -0.3 is 15.3 Å². The molecule has 0 radical (unpaired) electrons. The predicted molar refractivity (Wildman–Crippen MR) is 85.3 cm³/mol. The Labute approximate surface area is 128 Å². The number of rotatable bonds is 0. The van der Waals surface area contributed by atoms with Gasteiger partial charge in [-0.25, -0.2) is 4.98 Å². The molecule has 116 valence electrons. The average Bonchev–Trinajstić information content (AvgIpc) is 2.99. The van der Waals surface area contributed by atoms with Crippen molar-refractivity contribution in [3.63, 3.8) is 0 Å². The standard InChI is InChI=1S/C8H7N3O2.C7H5NO2/c9-5-3-1-2-4-6(5)8(13)11-10-7(4)12;9-5-1-2-6-7(3-5)10-4-8-6/h1-3H,9H2,(H,10,12)(H,11,13);1-4,9H. The summed E-state index contributed by atoms with van der Waals surface area (Å²) >= 11 is 0. The molecule has 5 N–H and O–H groups in total. The number of nitrogens with one attached hydrogen (secondary N) is 2. The number of oxazole rings is 1. The van der Waals surface area contributed by atoms with Crippen LogP contribution in [-0.4, -0.2) is 20.3 Å². The number of hydrogen-bond acceptors (Lipinski definition) is 6. The minimum Gasteiger partial charge on any atom is -0.508 e. The molecule has 4 aromatic rings. The summed E-state index contributed by atoms with van der Waals surface area (Å²) in [5.41, 5.74) is 6.51. The van der Waals surface area contributed by atoms with Crippen molar-refractivity contribution in [1.82, 2.24) is 15.2 Å². The topological polar surface area (TPSA) is 138 Å². The van der Waals surface area contributed by atoms with E-state index >= 15 is 0 Å². The quantitative estimate of drug-likeness (QED) is 0.361. The Morgan fingerprint density at radius 3 is 2.65 bits per heavy atom. The van der Waals surface area contributed by atoms with E-state index in [1.54, 1.807) is 30.3 Å². The average molecular weight is 312 g/mol. The van der Waals surface area contributed by atoms with Gasteiger partial charge in [0.1, 0.15) is 11.3 Å². The molecular weight excluding hydrogens is 300 g/mol. The summed E-state index contributed by atoms with van der Waals surface area (Å²) in [6.45, 7) is 0. The first kappa shape index (κ1) is 14.4. The number of phenolic OH excluding ortho intramolecular Hbond substituents is 1. The lowest BCUT2D eigenvalue weighted by atomic mass is 10.2. The van der Waals surface area contributed by atoms with Crippen molar-refractivity contribution < 1.29 is 9.52 Å². The van der Waals surface area contributed by atoms with Crippen LogP contribution in [0.3, 0.4) is 0 Å². The van der Waals surface area contributed by atoms with Crippen LogP contribution in [0.25, 0.3) is 21.9 Å². The molecule has 2 aromatic heterocycles. The van der Waals surface area contributed by atoms with Crippen LogP contribution in [-0.2, 0) is 0 Å². The SMILES string of the molecule is Nc1cccc2c(=O)[nH][nH]c(=O)c12.Oc1ccc2ncoc2c1. The fraction of sp³-hybridized carbons (Fsp3) is 0. The number of nitrogens with two attached hydrogens (primary N) is 1. The highest BCUT2D eigenvalue weighted by Crippen LogP contribution is 2.17. The second-order valence-electron chi connectivity index (χ2n) is 4.68. The second-order valence-corrected chi connectivity index (χ2v) is 4.68. The maximum Gasteiger partial charge on any atom is 0.272 e. The molecule has 0 fully saturated rings. The van der Waals surface area contributed by atoms with Crippen LogP contribution in [0, 0.1) is 0 Å². The summed E-state index contributed by atoms with van der Waals surface area (Å²) in [5, 5.41) is 13.9. The van der Waals surface area contributed by atoms with Crippen LogP contribution < -0.4 is 16.9 Å². The number of aromatic amines is 2. The molecule has 0 amide bonds. The molecule has 0 unspecified atom stereocenters.